The summed E-state index contributed by atoms with van der Waals surface area (Å²) >= 11 is 0. The summed E-state index contributed by atoms with van der Waals surface area (Å²) in [6.45, 7) is 3.19. The number of β-amino-alcohol motifs (C(OH)–C–C–N with tert-alkyl or cyclic N) is 1. The lowest BCUT2D eigenvalue weighted by molar-refractivity contribution is 0.0433. The van der Waals surface area contributed by atoms with E-state index in [1.807, 2.05) is 91.0 Å². The van der Waals surface area contributed by atoms with Crippen molar-refractivity contribution < 1.29 is 14.7 Å². The van der Waals surface area contributed by atoms with Gasteiger partial charge in [0, 0.05) is 48.5 Å². The Kier molecular flexibility index (Phi) is 6.93. The molecule has 1 saturated heterocycles. The Labute approximate surface area is 189 Å². The van der Waals surface area contributed by atoms with Crippen LogP contribution in [-0.4, -0.2) is 47.3 Å². The number of ketones is 2. The molecular weight excluding hydrogens is 398 g/mol. The molecule has 4 rings (SSSR count). The van der Waals surface area contributed by atoms with Crippen LogP contribution in [0.25, 0.3) is 0 Å². The number of carbonyl (C=O) groups excluding carboxylic acids is 2. The van der Waals surface area contributed by atoms with Crippen LogP contribution in [0.1, 0.15) is 39.1 Å². The van der Waals surface area contributed by atoms with E-state index in [1.165, 1.54) is 0 Å². The van der Waals surface area contributed by atoms with Gasteiger partial charge in [-0.25, -0.2) is 0 Å². The zero-order chi connectivity index (χ0) is 22.5. The summed E-state index contributed by atoms with van der Waals surface area (Å²) in [6.07, 6.45) is -0.539. The van der Waals surface area contributed by atoms with Crippen LogP contribution in [-0.2, 0) is 0 Å². The molecule has 0 aromatic heterocycles. The molecule has 164 valence electrons. The number of Topliss-reactive ketones (excluding diaryl/α,β-unsaturated/α-hetero) is 2. The SMILES string of the molecule is C[C@H](O)CN1CC(C(=O)c2ccccc2)C(c2ccccc2)C(C(=O)c2ccccc2)C1. The number of aliphatic hydroxyl groups is 1. The van der Waals surface area contributed by atoms with E-state index in [0.29, 0.717) is 30.8 Å². The Morgan fingerprint density at radius 1 is 0.781 bits per heavy atom. The summed E-state index contributed by atoms with van der Waals surface area (Å²) in [5.74, 6) is -0.919. The molecular formula is C28H29NO3. The first-order valence-electron chi connectivity index (χ1n) is 11.2. The molecule has 0 radical (unpaired) electrons. The van der Waals surface area contributed by atoms with E-state index in [-0.39, 0.29) is 29.3 Å². The third kappa shape index (κ3) is 4.87. The predicted octanol–water partition coefficient (Wildman–Crippen LogP) is 4.46. The van der Waals surface area contributed by atoms with Gasteiger partial charge in [0.25, 0.3) is 0 Å². The quantitative estimate of drug-likeness (QED) is 0.566. The first kappa shape index (κ1) is 22.1. The lowest BCUT2D eigenvalue weighted by atomic mass is 9.68. The molecule has 4 nitrogen and oxygen atoms in total. The van der Waals surface area contributed by atoms with Gasteiger partial charge in [-0.2, -0.15) is 0 Å². The lowest BCUT2D eigenvalue weighted by Gasteiger charge is -2.43. The molecule has 0 saturated carbocycles. The van der Waals surface area contributed by atoms with Gasteiger partial charge in [-0.3, -0.25) is 14.5 Å². The Morgan fingerprint density at radius 3 is 1.59 bits per heavy atom. The van der Waals surface area contributed by atoms with E-state index in [4.69, 9.17) is 0 Å². The molecule has 0 bridgehead atoms. The molecule has 0 spiro atoms. The highest BCUT2D eigenvalue weighted by molar-refractivity contribution is 6.02. The Hall–Kier alpha value is -3.08. The molecule has 0 aliphatic carbocycles. The van der Waals surface area contributed by atoms with Gasteiger partial charge in [-0.05, 0) is 12.5 Å². The standard InChI is InChI=1S/C28H29NO3/c1-20(30)17-29-18-24(27(31)22-13-7-3-8-14-22)26(21-11-5-2-6-12-21)25(19-29)28(32)23-15-9-4-10-16-23/h2-16,20,24-26,30H,17-19H2,1H3/t20-,24?,25?,26?/m0/s1. The summed E-state index contributed by atoms with van der Waals surface area (Å²) in [5.41, 5.74) is 2.32. The van der Waals surface area contributed by atoms with E-state index in [0.717, 1.165) is 5.56 Å². The molecule has 1 N–H and O–H groups in total. The zero-order valence-electron chi connectivity index (χ0n) is 18.3. The van der Waals surface area contributed by atoms with Crippen LogP contribution in [0.5, 0.6) is 0 Å². The van der Waals surface area contributed by atoms with E-state index < -0.39 is 6.10 Å². The second-order valence-electron chi connectivity index (χ2n) is 8.68. The maximum absolute atomic E-state index is 13.7. The molecule has 3 aromatic rings. The summed E-state index contributed by atoms with van der Waals surface area (Å²) in [6, 6.07) is 28.5. The number of carbonyl (C=O) groups is 2. The zero-order valence-corrected chi connectivity index (χ0v) is 18.3. The maximum atomic E-state index is 13.7. The van der Waals surface area contributed by atoms with E-state index >= 15 is 0 Å². The minimum absolute atomic E-state index is 0.0422. The van der Waals surface area contributed by atoms with Crippen LogP contribution in [0.15, 0.2) is 91.0 Å². The normalized spacial score (nSPS) is 22.2. The predicted molar refractivity (Wildman–Crippen MR) is 126 cm³/mol. The molecule has 1 fully saturated rings. The topological polar surface area (TPSA) is 57.6 Å². The number of nitrogens with zero attached hydrogens (tertiary/aromatic N) is 1. The van der Waals surface area contributed by atoms with Crippen molar-refractivity contribution in [1.82, 2.24) is 4.90 Å². The minimum atomic E-state index is -0.539. The highest BCUT2D eigenvalue weighted by atomic mass is 16.3. The molecule has 32 heavy (non-hydrogen) atoms. The third-order valence-corrected chi connectivity index (χ3v) is 6.27. The third-order valence-electron chi connectivity index (χ3n) is 6.27. The lowest BCUT2D eigenvalue weighted by Crippen LogP contribution is -2.51. The maximum Gasteiger partial charge on any atom is 0.167 e. The Balaban J connectivity index is 1.79. The van der Waals surface area contributed by atoms with Crippen molar-refractivity contribution in [3.63, 3.8) is 0 Å². The van der Waals surface area contributed by atoms with Gasteiger partial charge in [0.05, 0.1) is 6.10 Å². The molecule has 1 aliphatic heterocycles. The number of hydrogen-bond acceptors (Lipinski definition) is 4. The fourth-order valence-corrected chi connectivity index (χ4v) is 4.93. The van der Waals surface area contributed by atoms with E-state index in [2.05, 4.69) is 4.90 Å². The smallest absolute Gasteiger partial charge is 0.167 e. The molecule has 4 heteroatoms. The molecule has 1 aliphatic rings. The van der Waals surface area contributed by atoms with E-state index in [9.17, 15) is 14.7 Å². The van der Waals surface area contributed by atoms with Gasteiger partial charge < -0.3 is 5.11 Å². The largest absolute Gasteiger partial charge is 0.392 e. The molecule has 3 atom stereocenters. The van der Waals surface area contributed by atoms with Crippen LogP contribution in [0, 0.1) is 11.8 Å². The van der Waals surface area contributed by atoms with Crippen molar-refractivity contribution in [3.05, 3.63) is 108 Å². The highest BCUT2D eigenvalue weighted by Gasteiger charge is 2.44. The summed E-state index contributed by atoms with van der Waals surface area (Å²) in [5, 5.41) is 10.1. The van der Waals surface area contributed by atoms with Crippen LogP contribution in [0.4, 0.5) is 0 Å². The number of benzene rings is 3. The average molecular weight is 428 g/mol. The first-order valence-corrected chi connectivity index (χ1v) is 11.2. The second kappa shape index (κ2) is 10.0. The number of rotatable bonds is 7. The number of likely N-dealkylation sites (tertiary alicyclic amines) is 1. The average Bonchev–Trinajstić information content (AvgIpc) is 2.84. The van der Waals surface area contributed by atoms with Crippen molar-refractivity contribution in [2.75, 3.05) is 19.6 Å². The number of hydrogen-bond donors (Lipinski definition) is 1. The summed E-state index contributed by atoms with van der Waals surface area (Å²) in [4.78, 5) is 29.5. The van der Waals surface area contributed by atoms with Crippen molar-refractivity contribution >= 4 is 11.6 Å². The Morgan fingerprint density at radius 2 is 1.19 bits per heavy atom. The fraction of sp³-hybridized carbons (Fsp3) is 0.286. The van der Waals surface area contributed by atoms with Gasteiger partial charge >= 0.3 is 0 Å². The summed E-state index contributed by atoms with van der Waals surface area (Å²) in [7, 11) is 0. The van der Waals surface area contributed by atoms with Crippen molar-refractivity contribution in [3.8, 4) is 0 Å². The Bertz CT molecular complexity index is 973. The van der Waals surface area contributed by atoms with Crippen molar-refractivity contribution in [2.45, 2.75) is 18.9 Å². The number of aliphatic hydroxyl groups excluding tert-OH is 1. The second-order valence-corrected chi connectivity index (χ2v) is 8.68. The van der Waals surface area contributed by atoms with Gasteiger partial charge in [-0.15, -0.1) is 0 Å². The fourth-order valence-electron chi connectivity index (χ4n) is 4.93. The van der Waals surface area contributed by atoms with E-state index in [1.54, 1.807) is 6.92 Å². The molecule has 2 unspecified atom stereocenters. The molecule has 1 heterocycles. The van der Waals surface area contributed by atoms with Crippen LogP contribution >= 0.6 is 0 Å². The highest BCUT2D eigenvalue weighted by Crippen LogP contribution is 2.40. The molecule has 0 amide bonds. The van der Waals surface area contributed by atoms with Gasteiger partial charge in [0.1, 0.15) is 0 Å². The summed E-state index contributed by atoms with van der Waals surface area (Å²) < 4.78 is 0. The van der Waals surface area contributed by atoms with Crippen LogP contribution in [0.3, 0.4) is 0 Å². The molecule has 3 aromatic carbocycles. The number of piperidine rings is 1. The monoisotopic (exact) mass is 427 g/mol. The minimum Gasteiger partial charge on any atom is -0.392 e. The van der Waals surface area contributed by atoms with Crippen LogP contribution in [0.2, 0.25) is 0 Å². The van der Waals surface area contributed by atoms with Gasteiger partial charge in [0.15, 0.2) is 11.6 Å². The van der Waals surface area contributed by atoms with Gasteiger partial charge in [-0.1, -0.05) is 91.0 Å². The first-order chi connectivity index (χ1) is 15.5. The van der Waals surface area contributed by atoms with Crippen molar-refractivity contribution in [2.24, 2.45) is 11.8 Å². The van der Waals surface area contributed by atoms with Crippen LogP contribution < -0.4 is 0 Å². The van der Waals surface area contributed by atoms with Crippen molar-refractivity contribution in [1.29, 1.82) is 0 Å². The van der Waals surface area contributed by atoms with Gasteiger partial charge in [0.2, 0.25) is 0 Å².